The number of Topliss-reactive ketones (excluding diaryl/α,β-unsaturated/α-hetero) is 2. The number of ether oxygens (including phenoxy) is 1. The molecule has 4 nitrogen and oxygen atoms in total. The van der Waals surface area contributed by atoms with E-state index in [9.17, 15) is 14.4 Å². The fourth-order valence-electron chi connectivity index (χ4n) is 2.08. The van der Waals surface area contributed by atoms with Gasteiger partial charge in [0.2, 0.25) is 5.78 Å². The molecule has 0 saturated carbocycles. The molecular formula is C19H17BrO4. The van der Waals surface area contributed by atoms with Crippen LogP contribution in [0.4, 0.5) is 0 Å². The molecule has 0 atom stereocenters. The lowest BCUT2D eigenvalue weighted by Crippen LogP contribution is -2.15. The Morgan fingerprint density at radius 3 is 2.25 bits per heavy atom. The molecule has 0 radical (unpaired) electrons. The van der Waals surface area contributed by atoms with Gasteiger partial charge >= 0.3 is 5.97 Å². The van der Waals surface area contributed by atoms with E-state index in [1.54, 1.807) is 36.4 Å². The first-order valence-corrected chi connectivity index (χ1v) is 8.30. The molecule has 24 heavy (non-hydrogen) atoms. The van der Waals surface area contributed by atoms with Crippen molar-refractivity contribution < 1.29 is 19.1 Å². The number of hydrogen-bond acceptors (Lipinski definition) is 4. The molecule has 0 aliphatic rings. The van der Waals surface area contributed by atoms with Crippen LogP contribution in [0.3, 0.4) is 0 Å². The number of rotatable bonds is 7. The lowest BCUT2D eigenvalue weighted by atomic mass is 10.1. The van der Waals surface area contributed by atoms with Crippen LogP contribution in [-0.2, 0) is 9.53 Å². The average molecular weight is 389 g/mol. The molecule has 0 aliphatic carbocycles. The second-order valence-electron chi connectivity index (χ2n) is 5.35. The van der Waals surface area contributed by atoms with Crippen molar-refractivity contribution in [2.45, 2.75) is 19.8 Å². The molecule has 124 valence electrons. The van der Waals surface area contributed by atoms with Gasteiger partial charge in [0.05, 0.1) is 6.42 Å². The molecule has 0 N–H and O–H groups in total. The highest BCUT2D eigenvalue weighted by atomic mass is 79.9. The first-order valence-electron chi connectivity index (χ1n) is 7.50. The number of aryl methyl sites for hydroxylation is 1. The first-order chi connectivity index (χ1) is 11.5. The Balaban J connectivity index is 1.79. The monoisotopic (exact) mass is 388 g/mol. The molecule has 0 fully saturated rings. The van der Waals surface area contributed by atoms with Crippen LogP contribution in [0.1, 0.15) is 39.1 Å². The Labute approximate surface area is 149 Å². The van der Waals surface area contributed by atoms with Crippen molar-refractivity contribution in [2.75, 3.05) is 6.61 Å². The highest BCUT2D eigenvalue weighted by Gasteiger charge is 2.14. The van der Waals surface area contributed by atoms with Gasteiger partial charge in [-0.2, -0.15) is 0 Å². The molecule has 0 aliphatic heterocycles. The summed E-state index contributed by atoms with van der Waals surface area (Å²) in [5, 5.41) is 0. The van der Waals surface area contributed by atoms with Crippen LogP contribution in [-0.4, -0.2) is 24.1 Å². The van der Waals surface area contributed by atoms with E-state index in [0.29, 0.717) is 15.6 Å². The smallest absolute Gasteiger partial charge is 0.306 e. The topological polar surface area (TPSA) is 60.4 Å². The lowest BCUT2D eigenvalue weighted by molar-refractivity contribution is -0.142. The maximum atomic E-state index is 12.0. The van der Waals surface area contributed by atoms with Crippen LogP contribution in [0.5, 0.6) is 0 Å². The second kappa shape index (κ2) is 8.55. The van der Waals surface area contributed by atoms with Crippen molar-refractivity contribution in [3.05, 3.63) is 69.7 Å². The number of carbonyl (C=O) groups is 3. The average Bonchev–Trinajstić information content (AvgIpc) is 2.58. The molecule has 0 unspecified atom stereocenters. The third-order valence-electron chi connectivity index (χ3n) is 3.47. The van der Waals surface area contributed by atoms with E-state index in [-0.39, 0.29) is 31.0 Å². The predicted octanol–water partition coefficient (Wildman–Crippen LogP) is 4.15. The summed E-state index contributed by atoms with van der Waals surface area (Å²) in [6.07, 6.45) is 0.0149. The Morgan fingerprint density at radius 2 is 1.58 bits per heavy atom. The summed E-state index contributed by atoms with van der Waals surface area (Å²) < 4.78 is 5.61. The van der Waals surface area contributed by atoms with Crippen molar-refractivity contribution in [1.29, 1.82) is 0 Å². The van der Waals surface area contributed by atoms with E-state index < -0.39 is 5.97 Å². The van der Waals surface area contributed by atoms with Gasteiger partial charge in [0.15, 0.2) is 12.4 Å². The van der Waals surface area contributed by atoms with Crippen LogP contribution >= 0.6 is 15.9 Å². The standard InChI is InChI=1S/C19H17BrO4/c1-13-6-8-14(9-7-13)17(21)10-11-19(23)24-12-18(22)15-4-2-3-5-16(15)20/h2-9H,10-12H2,1H3. The molecule has 2 aromatic carbocycles. The molecular weight excluding hydrogens is 372 g/mol. The van der Waals surface area contributed by atoms with Crippen LogP contribution < -0.4 is 0 Å². The third kappa shape index (κ3) is 5.13. The zero-order valence-corrected chi connectivity index (χ0v) is 14.8. The summed E-state index contributed by atoms with van der Waals surface area (Å²) >= 11 is 3.28. The zero-order chi connectivity index (χ0) is 17.5. The molecule has 2 rings (SSSR count). The van der Waals surface area contributed by atoms with Crippen molar-refractivity contribution >= 4 is 33.5 Å². The van der Waals surface area contributed by atoms with Gasteiger partial charge in [0.25, 0.3) is 0 Å². The molecule has 0 amide bonds. The van der Waals surface area contributed by atoms with E-state index in [0.717, 1.165) is 5.56 Å². The lowest BCUT2D eigenvalue weighted by Gasteiger charge is -2.06. The van der Waals surface area contributed by atoms with Crippen LogP contribution in [0.15, 0.2) is 53.0 Å². The summed E-state index contributed by atoms with van der Waals surface area (Å²) in [4.78, 5) is 35.7. The van der Waals surface area contributed by atoms with E-state index in [2.05, 4.69) is 15.9 Å². The van der Waals surface area contributed by atoms with Gasteiger partial charge in [-0.15, -0.1) is 0 Å². The molecule has 0 bridgehead atoms. The summed E-state index contributed by atoms with van der Waals surface area (Å²) in [5.41, 5.74) is 2.09. The van der Waals surface area contributed by atoms with Crippen molar-refractivity contribution in [1.82, 2.24) is 0 Å². The van der Waals surface area contributed by atoms with E-state index in [1.165, 1.54) is 0 Å². The number of carbonyl (C=O) groups excluding carboxylic acids is 3. The van der Waals surface area contributed by atoms with Crippen LogP contribution in [0.2, 0.25) is 0 Å². The summed E-state index contributed by atoms with van der Waals surface area (Å²) in [5.74, 6) is -0.972. The highest BCUT2D eigenvalue weighted by Crippen LogP contribution is 2.16. The second-order valence-corrected chi connectivity index (χ2v) is 6.21. The van der Waals surface area contributed by atoms with Crippen LogP contribution in [0, 0.1) is 6.92 Å². The predicted molar refractivity (Wildman–Crippen MR) is 94.2 cm³/mol. The SMILES string of the molecule is Cc1ccc(C(=O)CCC(=O)OCC(=O)c2ccccc2Br)cc1. The Kier molecular flexibility index (Phi) is 6.44. The quantitative estimate of drug-likeness (QED) is 0.527. The summed E-state index contributed by atoms with van der Waals surface area (Å²) in [7, 11) is 0. The molecule has 0 heterocycles. The fraction of sp³-hybridized carbons (Fsp3) is 0.211. The minimum absolute atomic E-state index is 0.0457. The van der Waals surface area contributed by atoms with Gasteiger partial charge in [0.1, 0.15) is 0 Å². The normalized spacial score (nSPS) is 10.2. The van der Waals surface area contributed by atoms with Crippen molar-refractivity contribution in [2.24, 2.45) is 0 Å². The molecule has 2 aromatic rings. The van der Waals surface area contributed by atoms with Crippen molar-refractivity contribution in [3.63, 3.8) is 0 Å². The number of halogens is 1. The van der Waals surface area contributed by atoms with Gasteiger partial charge < -0.3 is 4.74 Å². The third-order valence-corrected chi connectivity index (χ3v) is 4.16. The first kappa shape index (κ1) is 18.1. The number of ketones is 2. The van der Waals surface area contributed by atoms with Crippen LogP contribution in [0.25, 0.3) is 0 Å². The van der Waals surface area contributed by atoms with Gasteiger partial charge in [-0.1, -0.05) is 64.0 Å². The van der Waals surface area contributed by atoms with E-state index >= 15 is 0 Å². The summed E-state index contributed by atoms with van der Waals surface area (Å²) in [6.45, 7) is 1.61. The maximum Gasteiger partial charge on any atom is 0.306 e. The van der Waals surface area contributed by atoms with Gasteiger partial charge in [-0.3, -0.25) is 14.4 Å². The maximum absolute atomic E-state index is 12.0. The molecule has 0 aromatic heterocycles. The van der Waals surface area contributed by atoms with Gasteiger partial charge in [-0.05, 0) is 13.0 Å². The molecule has 5 heteroatoms. The Hall–Kier alpha value is -2.27. The zero-order valence-electron chi connectivity index (χ0n) is 13.3. The largest absolute Gasteiger partial charge is 0.457 e. The minimum Gasteiger partial charge on any atom is -0.457 e. The van der Waals surface area contributed by atoms with Gasteiger partial charge in [-0.25, -0.2) is 0 Å². The van der Waals surface area contributed by atoms with E-state index in [4.69, 9.17) is 4.74 Å². The number of esters is 1. The van der Waals surface area contributed by atoms with E-state index in [1.807, 2.05) is 19.1 Å². The van der Waals surface area contributed by atoms with Gasteiger partial charge in [0, 0.05) is 22.0 Å². The summed E-state index contributed by atoms with van der Waals surface area (Å²) in [6, 6.07) is 14.1. The number of hydrogen-bond donors (Lipinski definition) is 0. The Bertz CT molecular complexity index is 750. The minimum atomic E-state index is -0.559. The highest BCUT2D eigenvalue weighted by molar-refractivity contribution is 9.10. The molecule has 0 spiro atoms. The molecule has 0 saturated heterocycles. The van der Waals surface area contributed by atoms with Crippen molar-refractivity contribution in [3.8, 4) is 0 Å². The Morgan fingerprint density at radius 1 is 0.917 bits per heavy atom. The fourth-order valence-corrected chi connectivity index (χ4v) is 2.59. The number of benzene rings is 2.